The number of likely N-dealkylation sites (tertiary alicyclic amines) is 1. The van der Waals surface area contributed by atoms with Gasteiger partial charge in [-0.1, -0.05) is 91.0 Å². The van der Waals surface area contributed by atoms with Gasteiger partial charge in [0, 0.05) is 13.1 Å². The number of nitrogens with zero attached hydrogens (tertiary/aromatic N) is 1. The van der Waals surface area contributed by atoms with Crippen LogP contribution in [0.2, 0.25) is 0 Å². The highest BCUT2D eigenvalue weighted by atomic mass is 16.5. The van der Waals surface area contributed by atoms with E-state index in [1.54, 1.807) is 12.1 Å². The summed E-state index contributed by atoms with van der Waals surface area (Å²) in [6, 6.07) is 27.3. The second-order valence-corrected chi connectivity index (χ2v) is 10.1. The lowest BCUT2D eigenvalue weighted by atomic mass is 9.85. The van der Waals surface area contributed by atoms with Crippen LogP contribution in [0.5, 0.6) is 0 Å². The van der Waals surface area contributed by atoms with Gasteiger partial charge in [0.1, 0.15) is 0 Å². The van der Waals surface area contributed by atoms with Gasteiger partial charge < -0.3 is 15.2 Å². The Kier molecular flexibility index (Phi) is 8.15. The van der Waals surface area contributed by atoms with Gasteiger partial charge in [0.2, 0.25) is 5.60 Å². The predicted molar refractivity (Wildman–Crippen MR) is 147 cm³/mol. The van der Waals surface area contributed by atoms with Crippen LogP contribution < -0.4 is 5.32 Å². The molecule has 5 rings (SSSR count). The van der Waals surface area contributed by atoms with E-state index in [9.17, 15) is 9.90 Å². The minimum atomic E-state index is -1.85. The number of hydrogen-bond donors (Lipinski definition) is 2. The van der Waals surface area contributed by atoms with Crippen molar-refractivity contribution in [3.05, 3.63) is 113 Å². The predicted octanol–water partition coefficient (Wildman–Crippen LogP) is 4.75. The summed E-state index contributed by atoms with van der Waals surface area (Å²) in [4.78, 5) is 16.0. The van der Waals surface area contributed by atoms with Crippen LogP contribution in [0.15, 0.2) is 91.0 Å². The number of piperidine rings is 1. The van der Waals surface area contributed by atoms with Crippen molar-refractivity contribution in [3.63, 3.8) is 0 Å². The number of carbonyl (C=O) groups excluding carboxylic acids is 1. The molecule has 2 heterocycles. The van der Waals surface area contributed by atoms with Gasteiger partial charge in [-0.15, -0.1) is 0 Å². The maximum Gasteiger partial charge on any atom is 0.347 e. The van der Waals surface area contributed by atoms with Crippen molar-refractivity contribution in [2.45, 2.75) is 31.4 Å². The van der Waals surface area contributed by atoms with E-state index in [4.69, 9.17) is 4.74 Å². The molecule has 0 radical (unpaired) electrons. The summed E-state index contributed by atoms with van der Waals surface area (Å²) in [5.74, 6) is -0.315. The molecular formula is C32H36N2O3. The topological polar surface area (TPSA) is 61.8 Å². The molecule has 1 fully saturated rings. The smallest absolute Gasteiger partial charge is 0.347 e. The van der Waals surface area contributed by atoms with Gasteiger partial charge in [-0.05, 0) is 72.6 Å². The SMILES string of the molecule is O=C(OCC1CCN(Cc2ccccc2)CC1)[C@@](O)(c1ccccc1)c1ccc(C2=CCNCC2)cc1. The summed E-state index contributed by atoms with van der Waals surface area (Å²) in [7, 11) is 0. The molecular weight excluding hydrogens is 460 g/mol. The number of esters is 1. The third-order valence-corrected chi connectivity index (χ3v) is 7.63. The first-order valence-electron chi connectivity index (χ1n) is 13.3. The largest absolute Gasteiger partial charge is 0.463 e. The van der Waals surface area contributed by atoms with Crippen LogP contribution in [0.3, 0.4) is 0 Å². The fraction of sp³-hybridized carbons (Fsp3) is 0.344. The second-order valence-electron chi connectivity index (χ2n) is 10.1. The lowest BCUT2D eigenvalue weighted by Crippen LogP contribution is -2.40. The van der Waals surface area contributed by atoms with Gasteiger partial charge >= 0.3 is 5.97 Å². The molecule has 1 saturated heterocycles. The lowest BCUT2D eigenvalue weighted by Gasteiger charge is -2.33. The van der Waals surface area contributed by atoms with E-state index in [2.05, 4.69) is 40.6 Å². The Bertz CT molecular complexity index is 1190. The van der Waals surface area contributed by atoms with Crippen molar-refractivity contribution in [1.82, 2.24) is 10.2 Å². The van der Waals surface area contributed by atoms with E-state index >= 15 is 0 Å². The zero-order chi connectivity index (χ0) is 25.5. The number of rotatable bonds is 8. The number of aliphatic hydroxyl groups is 1. The normalized spacial score (nSPS) is 18.6. The molecule has 37 heavy (non-hydrogen) atoms. The molecule has 0 amide bonds. The maximum atomic E-state index is 13.5. The van der Waals surface area contributed by atoms with E-state index in [1.807, 2.05) is 48.5 Å². The van der Waals surface area contributed by atoms with Crippen LogP contribution >= 0.6 is 0 Å². The molecule has 1 atom stereocenters. The Balaban J connectivity index is 1.25. The zero-order valence-corrected chi connectivity index (χ0v) is 21.3. The molecule has 3 aromatic carbocycles. The molecule has 5 nitrogen and oxygen atoms in total. The van der Waals surface area contributed by atoms with E-state index in [0.717, 1.165) is 57.5 Å². The Morgan fingerprint density at radius 1 is 0.919 bits per heavy atom. The zero-order valence-electron chi connectivity index (χ0n) is 21.3. The molecule has 0 unspecified atom stereocenters. The van der Waals surface area contributed by atoms with Crippen molar-refractivity contribution < 1.29 is 14.6 Å². The van der Waals surface area contributed by atoms with Crippen LogP contribution in [-0.2, 0) is 21.7 Å². The Labute approximate surface area is 219 Å². The third kappa shape index (κ3) is 6.02. The molecule has 5 heteroatoms. The van der Waals surface area contributed by atoms with Crippen molar-refractivity contribution >= 4 is 11.5 Å². The van der Waals surface area contributed by atoms with Crippen LogP contribution in [0.25, 0.3) is 5.57 Å². The van der Waals surface area contributed by atoms with Crippen molar-refractivity contribution in [1.29, 1.82) is 0 Å². The fourth-order valence-corrected chi connectivity index (χ4v) is 5.34. The molecule has 0 aliphatic carbocycles. The van der Waals surface area contributed by atoms with Crippen molar-refractivity contribution in [2.75, 3.05) is 32.8 Å². The molecule has 0 spiro atoms. The Morgan fingerprint density at radius 2 is 1.57 bits per heavy atom. The molecule has 2 aliphatic heterocycles. The summed E-state index contributed by atoms with van der Waals surface area (Å²) >= 11 is 0. The monoisotopic (exact) mass is 496 g/mol. The fourth-order valence-electron chi connectivity index (χ4n) is 5.34. The van der Waals surface area contributed by atoms with Gasteiger partial charge in [-0.2, -0.15) is 0 Å². The highest BCUT2D eigenvalue weighted by molar-refractivity contribution is 5.85. The van der Waals surface area contributed by atoms with Gasteiger partial charge in [0.25, 0.3) is 0 Å². The van der Waals surface area contributed by atoms with Gasteiger partial charge in [-0.25, -0.2) is 4.79 Å². The minimum Gasteiger partial charge on any atom is -0.463 e. The van der Waals surface area contributed by atoms with E-state index in [1.165, 1.54) is 11.1 Å². The molecule has 0 aromatic heterocycles. The summed E-state index contributed by atoms with van der Waals surface area (Å²) in [5.41, 5.74) is 2.93. The molecule has 0 bridgehead atoms. The maximum absolute atomic E-state index is 13.5. The first-order valence-corrected chi connectivity index (χ1v) is 13.3. The highest BCUT2D eigenvalue weighted by Gasteiger charge is 2.42. The summed E-state index contributed by atoms with van der Waals surface area (Å²) in [5, 5.41) is 15.2. The third-order valence-electron chi connectivity index (χ3n) is 7.63. The molecule has 3 aromatic rings. The van der Waals surface area contributed by atoms with Crippen molar-refractivity contribution in [3.8, 4) is 0 Å². The Hall–Kier alpha value is -3.25. The number of nitrogens with one attached hydrogen (secondary N) is 1. The standard InChI is InChI=1S/C32H36N2O3/c35-31(37-24-26-17-21-34(22-18-26)23-25-7-3-1-4-8-25)32(36,29-9-5-2-6-10-29)30-13-11-27(12-14-30)28-15-19-33-20-16-28/h1-15,26,33,36H,16-24H2/t32-/m1/s1. The lowest BCUT2D eigenvalue weighted by molar-refractivity contribution is -0.164. The van der Waals surface area contributed by atoms with Crippen LogP contribution in [0.4, 0.5) is 0 Å². The minimum absolute atomic E-state index is 0.297. The van der Waals surface area contributed by atoms with Crippen molar-refractivity contribution in [2.24, 2.45) is 5.92 Å². The summed E-state index contributed by atoms with van der Waals surface area (Å²) in [6.45, 7) is 5.05. The number of hydrogen-bond acceptors (Lipinski definition) is 5. The molecule has 2 aliphatic rings. The average Bonchev–Trinajstić information content (AvgIpc) is 2.98. The Morgan fingerprint density at radius 3 is 2.22 bits per heavy atom. The summed E-state index contributed by atoms with van der Waals surface area (Å²) < 4.78 is 5.83. The number of carbonyl (C=O) groups is 1. The average molecular weight is 497 g/mol. The van der Waals surface area contributed by atoms with E-state index in [-0.39, 0.29) is 0 Å². The van der Waals surface area contributed by atoms with E-state index in [0.29, 0.717) is 23.7 Å². The van der Waals surface area contributed by atoms with Crippen LogP contribution in [-0.4, -0.2) is 48.8 Å². The number of benzene rings is 3. The summed E-state index contributed by atoms with van der Waals surface area (Å²) in [6.07, 6.45) is 5.11. The molecule has 0 saturated carbocycles. The first-order chi connectivity index (χ1) is 18.1. The van der Waals surface area contributed by atoms with Crippen LogP contribution in [0.1, 0.15) is 41.5 Å². The number of ether oxygens (including phenoxy) is 1. The molecule has 2 N–H and O–H groups in total. The van der Waals surface area contributed by atoms with Gasteiger partial charge in [0.05, 0.1) is 6.61 Å². The highest BCUT2D eigenvalue weighted by Crippen LogP contribution is 2.33. The molecule has 192 valence electrons. The van der Waals surface area contributed by atoms with E-state index < -0.39 is 11.6 Å². The second kappa shape index (κ2) is 11.9. The van der Waals surface area contributed by atoms with Crippen LogP contribution in [0, 0.1) is 5.92 Å². The first kappa shape index (κ1) is 25.4. The van der Waals surface area contributed by atoms with Gasteiger partial charge in [0.15, 0.2) is 0 Å². The quantitative estimate of drug-likeness (QED) is 0.441. The van der Waals surface area contributed by atoms with Gasteiger partial charge in [-0.3, -0.25) is 4.90 Å².